The molecule has 16 heavy (non-hydrogen) atoms. The minimum absolute atomic E-state index is 0.0491. The summed E-state index contributed by atoms with van der Waals surface area (Å²) in [7, 11) is 0. The van der Waals surface area contributed by atoms with Gasteiger partial charge in [0.25, 0.3) is 0 Å². The summed E-state index contributed by atoms with van der Waals surface area (Å²) >= 11 is 5.98. The maximum absolute atomic E-state index is 6.22. The summed E-state index contributed by atoms with van der Waals surface area (Å²) in [5.74, 6) is 1.60. The van der Waals surface area contributed by atoms with Gasteiger partial charge in [0, 0.05) is 23.0 Å². The van der Waals surface area contributed by atoms with Crippen LogP contribution in [0.1, 0.15) is 37.8 Å². The zero-order chi connectivity index (χ0) is 11.3. The van der Waals surface area contributed by atoms with Crippen molar-refractivity contribution in [1.29, 1.82) is 0 Å². The Hall–Kier alpha value is -0.730. The summed E-state index contributed by atoms with van der Waals surface area (Å²) in [5, 5.41) is 0.729. The second-order valence-electron chi connectivity index (χ2n) is 5.18. The molecule has 1 aliphatic heterocycles. The summed E-state index contributed by atoms with van der Waals surface area (Å²) in [4.78, 5) is 0. The molecular weight excluding hydrogens is 222 g/mol. The molecule has 2 aliphatic rings. The summed E-state index contributed by atoms with van der Waals surface area (Å²) in [6.45, 7) is 2.18. The summed E-state index contributed by atoms with van der Waals surface area (Å²) in [5.41, 5.74) is 7.20. The highest BCUT2D eigenvalue weighted by molar-refractivity contribution is 6.30. The third-order valence-corrected chi connectivity index (χ3v) is 4.02. The molecule has 2 nitrogen and oxygen atoms in total. The Labute approximate surface area is 101 Å². The first-order valence-corrected chi connectivity index (χ1v) is 6.20. The third kappa shape index (κ3) is 1.61. The molecule has 0 saturated heterocycles. The normalized spacial score (nSPS) is 33.1. The highest BCUT2D eigenvalue weighted by Gasteiger charge is 2.47. The molecule has 0 aromatic heterocycles. The molecule has 0 spiro atoms. The molecule has 86 valence electrons. The van der Waals surface area contributed by atoms with Gasteiger partial charge >= 0.3 is 0 Å². The van der Waals surface area contributed by atoms with E-state index >= 15 is 0 Å². The van der Waals surface area contributed by atoms with E-state index in [0.717, 1.165) is 22.8 Å². The Morgan fingerprint density at radius 1 is 1.44 bits per heavy atom. The van der Waals surface area contributed by atoms with Gasteiger partial charge < -0.3 is 10.5 Å². The van der Waals surface area contributed by atoms with Crippen molar-refractivity contribution in [3.63, 3.8) is 0 Å². The summed E-state index contributed by atoms with van der Waals surface area (Å²) in [6.07, 6.45) is 3.43. The Bertz CT molecular complexity index is 430. The number of hydrogen-bond donors (Lipinski definition) is 1. The Morgan fingerprint density at radius 2 is 2.19 bits per heavy atom. The van der Waals surface area contributed by atoms with E-state index < -0.39 is 0 Å². The average molecular weight is 238 g/mol. The van der Waals surface area contributed by atoms with Crippen LogP contribution in [0.2, 0.25) is 5.02 Å². The predicted octanol–water partition coefficient (Wildman–Crippen LogP) is 3.29. The van der Waals surface area contributed by atoms with Gasteiger partial charge in [0.15, 0.2) is 0 Å². The van der Waals surface area contributed by atoms with E-state index in [1.54, 1.807) is 0 Å². The Morgan fingerprint density at radius 3 is 2.88 bits per heavy atom. The van der Waals surface area contributed by atoms with Crippen molar-refractivity contribution in [1.82, 2.24) is 0 Å². The smallest absolute Gasteiger partial charge is 0.125 e. The number of benzene rings is 1. The van der Waals surface area contributed by atoms with Crippen LogP contribution < -0.4 is 10.5 Å². The highest BCUT2D eigenvalue weighted by atomic mass is 35.5. The van der Waals surface area contributed by atoms with Crippen LogP contribution in [0.3, 0.4) is 0 Å². The lowest BCUT2D eigenvalue weighted by Gasteiger charge is -2.39. The fraction of sp³-hybridized carbons (Fsp3) is 0.538. The molecule has 1 aliphatic carbocycles. The van der Waals surface area contributed by atoms with Crippen LogP contribution in [-0.2, 0) is 0 Å². The minimum atomic E-state index is -0.0692. The molecule has 1 saturated carbocycles. The highest BCUT2D eigenvalue weighted by Crippen LogP contribution is 2.50. The van der Waals surface area contributed by atoms with E-state index in [1.165, 1.54) is 12.8 Å². The van der Waals surface area contributed by atoms with Crippen molar-refractivity contribution in [2.75, 3.05) is 0 Å². The zero-order valence-electron chi connectivity index (χ0n) is 9.37. The first-order chi connectivity index (χ1) is 7.58. The maximum Gasteiger partial charge on any atom is 0.125 e. The van der Waals surface area contributed by atoms with Crippen molar-refractivity contribution >= 4 is 11.6 Å². The maximum atomic E-state index is 6.22. The molecule has 0 bridgehead atoms. The molecule has 0 radical (unpaired) electrons. The molecular formula is C13H16ClNO. The monoisotopic (exact) mass is 237 g/mol. The van der Waals surface area contributed by atoms with Crippen LogP contribution in [0, 0.1) is 5.92 Å². The van der Waals surface area contributed by atoms with Crippen LogP contribution in [0.25, 0.3) is 0 Å². The topological polar surface area (TPSA) is 35.2 Å². The van der Waals surface area contributed by atoms with Crippen molar-refractivity contribution in [3.05, 3.63) is 28.8 Å². The van der Waals surface area contributed by atoms with Crippen LogP contribution in [-0.4, -0.2) is 5.60 Å². The van der Waals surface area contributed by atoms with Crippen LogP contribution in [0.15, 0.2) is 18.2 Å². The molecule has 3 rings (SSSR count). The van der Waals surface area contributed by atoms with Gasteiger partial charge in [-0.15, -0.1) is 0 Å². The lowest BCUT2D eigenvalue weighted by Crippen LogP contribution is -2.42. The second-order valence-corrected chi connectivity index (χ2v) is 5.62. The molecule has 1 aromatic carbocycles. The van der Waals surface area contributed by atoms with Crippen molar-refractivity contribution < 1.29 is 4.74 Å². The Kier molecular flexibility index (Phi) is 2.20. The number of ether oxygens (including phenoxy) is 1. The van der Waals surface area contributed by atoms with E-state index in [4.69, 9.17) is 22.1 Å². The van der Waals surface area contributed by atoms with Gasteiger partial charge in [-0.25, -0.2) is 0 Å². The molecule has 2 atom stereocenters. The van der Waals surface area contributed by atoms with Crippen LogP contribution in [0.4, 0.5) is 0 Å². The molecule has 1 heterocycles. The molecule has 3 heteroatoms. The summed E-state index contributed by atoms with van der Waals surface area (Å²) < 4.78 is 6.13. The third-order valence-electron chi connectivity index (χ3n) is 3.78. The molecule has 0 amide bonds. The van der Waals surface area contributed by atoms with Gasteiger partial charge in [-0.3, -0.25) is 0 Å². The number of halogens is 1. The quantitative estimate of drug-likeness (QED) is 0.814. The number of nitrogens with two attached hydrogens (primary N) is 1. The number of fused-ring (bicyclic) bond motifs is 1. The molecule has 1 unspecified atom stereocenters. The SMILES string of the molecule is CC1(C2CC2)C[C@H](N)c2cc(Cl)ccc2O1. The van der Waals surface area contributed by atoms with Crippen LogP contribution >= 0.6 is 11.6 Å². The van der Waals surface area contributed by atoms with E-state index in [2.05, 4.69) is 6.92 Å². The van der Waals surface area contributed by atoms with E-state index in [-0.39, 0.29) is 11.6 Å². The first kappa shape index (κ1) is 10.4. The fourth-order valence-corrected chi connectivity index (χ4v) is 2.87. The lowest BCUT2D eigenvalue weighted by molar-refractivity contribution is 0.0324. The van der Waals surface area contributed by atoms with Gasteiger partial charge in [-0.2, -0.15) is 0 Å². The minimum Gasteiger partial charge on any atom is -0.487 e. The van der Waals surface area contributed by atoms with E-state index in [9.17, 15) is 0 Å². The Balaban J connectivity index is 1.99. The standard InChI is InChI=1S/C13H16ClNO/c1-13(8-2-3-8)7-11(15)10-6-9(14)4-5-12(10)16-13/h4-6,8,11H,2-3,7,15H2,1H3/t11-,13?/m0/s1. The largest absolute Gasteiger partial charge is 0.487 e. The van der Waals surface area contributed by atoms with E-state index in [1.807, 2.05) is 18.2 Å². The average Bonchev–Trinajstić information content (AvgIpc) is 3.03. The molecule has 1 aromatic rings. The summed E-state index contributed by atoms with van der Waals surface area (Å²) in [6, 6.07) is 5.78. The number of rotatable bonds is 1. The number of hydrogen-bond acceptors (Lipinski definition) is 2. The van der Waals surface area contributed by atoms with Crippen molar-refractivity contribution in [2.45, 2.75) is 37.8 Å². The predicted molar refractivity (Wildman–Crippen MR) is 64.8 cm³/mol. The molecule has 1 fully saturated rings. The van der Waals surface area contributed by atoms with Gasteiger partial charge in [0.2, 0.25) is 0 Å². The zero-order valence-corrected chi connectivity index (χ0v) is 10.1. The first-order valence-electron chi connectivity index (χ1n) is 5.82. The second kappa shape index (κ2) is 3.38. The lowest BCUT2D eigenvalue weighted by atomic mass is 9.85. The van der Waals surface area contributed by atoms with Gasteiger partial charge in [0.05, 0.1) is 0 Å². The van der Waals surface area contributed by atoms with Crippen molar-refractivity contribution in [3.8, 4) is 5.75 Å². The molecule has 2 N–H and O–H groups in total. The fourth-order valence-electron chi connectivity index (χ4n) is 2.69. The van der Waals surface area contributed by atoms with Gasteiger partial charge in [-0.1, -0.05) is 11.6 Å². The van der Waals surface area contributed by atoms with Crippen molar-refractivity contribution in [2.24, 2.45) is 11.7 Å². The van der Waals surface area contributed by atoms with Gasteiger partial charge in [-0.05, 0) is 43.9 Å². The van der Waals surface area contributed by atoms with Gasteiger partial charge in [0.1, 0.15) is 11.4 Å². The van der Waals surface area contributed by atoms with Crippen LogP contribution in [0.5, 0.6) is 5.75 Å². The van der Waals surface area contributed by atoms with E-state index in [0.29, 0.717) is 5.92 Å².